The van der Waals surface area contributed by atoms with Gasteiger partial charge in [-0.1, -0.05) is 32.9 Å². The molecule has 8 nitrogen and oxygen atoms in total. The van der Waals surface area contributed by atoms with Gasteiger partial charge in [0.05, 0.1) is 16.3 Å². The van der Waals surface area contributed by atoms with Crippen molar-refractivity contribution in [1.82, 2.24) is 9.55 Å². The highest BCUT2D eigenvalue weighted by Gasteiger charge is 2.26. The van der Waals surface area contributed by atoms with Crippen LogP contribution in [0.4, 0.5) is 11.4 Å². The summed E-state index contributed by atoms with van der Waals surface area (Å²) in [5.74, 6) is 1.35. The number of rotatable bonds is 7. The van der Waals surface area contributed by atoms with Crippen molar-refractivity contribution in [1.29, 1.82) is 0 Å². The molecule has 0 radical (unpaired) electrons. The zero-order valence-electron chi connectivity index (χ0n) is 22.2. The molecule has 0 spiro atoms. The summed E-state index contributed by atoms with van der Waals surface area (Å²) in [7, 11) is -2.26. The summed E-state index contributed by atoms with van der Waals surface area (Å²) in [5, 5.41) is 2.65. The third-order valence-electron chi connectivity index (χ3n) is 6.58. The van der Waals surface area contributed by atoms with Crippen LogP contribution in [0.1, 0.15) is 46.4 Å². The zero-order valence-corrected chi connectivity index (χ0v) is 23.0. The zero-order chi connectivity index (χ0) is 26.8. The lowest BCUT2D eigenvalue weighted by atomic mass is 9.94. The molecule has 0 atom stereocenters. The Hall–Kier alpha value is -3.17. The van der Waals surface area contributed by atoms with Crippen LogP contribution in [0.3, 0.4) is 0 Å². The maximum absolute atomic E-state index is 13.3. The number of nitrogens with one attached hydrogen (secondary N) is 1. The van der Waals surface area contributed by atoms with Crippen molar-refractivity contribution >= 4 is 27.3 Å². The minimum Gasteiger partial charge on any atom is -0.381 e. The number of carbonyl (C=O) groups is 1. The lowest BCUT2D eigenvalue weighted by Gasteiger charge is -2.25. The van der Waals surface area contributed by atoms with Crippen LogP contribution < -0.4 is 9.62 Å². The van der Waals surface area contributed by atoms with E-state index < -0.39 is 10.0 Å². The molecule has 1 amide bonds. The van der Waals surface area contributed by atoms with Gasteiger partial charge in [0.1, 0.15) is 5.82 Å². The van der Waals surface area contributed by atoms with Crippen LogP contribution in [-0.2, 0) is 31.5 Å². The molecule has 0 unspecified atom stereocenters. The van der Waals surface area contributed by atoms with Crippen molar-refractivity contribution in [3.63, 3.8) is 0 Å². The van der Waals surface area contributed by atoms with Gasteiger partial charge in [-0.2, -0.15) is 0 Å². The fraction of sp³-hybridized carbons (Fsp3) is 0.429. The van der Waals surface area contributed by atoms with Crippen LogP contribution >= 0.6 is 0 Å². The van der Waals surface area contributed by atoms with E-state index in [9.17, 15) is 13.2 Å². The number of sulfonamides is 1. The second-order valence-corrected chi connectivity index (χ2v) is 12.6. The SMILES string of the molecule is CC(=O)Nc1ccc(S(=O)(=O)N(C)c2cccc(-c3cn(CC4CCOCC4)c(C(C)(C)C)n3)c2)cc1. The van der Waals surface area contributed by atoms with Gasteiger partial charge in [0.2, 0.25) is 5.91 Å². The van der Waals surface area contributed by atoms with Crippen molar-refractivity contribution in [3.05, 3.63) is 60.6 Å². The third-order valence-corrected chi connectivity index (χ3v) is 8.38. The van der Waals surface area contributed by atoms with Gasteiger partial charge in [-0.25, -0.2) is 13.4 Å². The van der Waals surface area contributed by atoms with E-state index in [0.29, 0.717) is 17.3 Å². The first-order valence-electron chi connectivity index (χ1n) is 12.6. The number of hydrogen-bond donors (Lipinski definition) is 1. The number of benzene rings is 2. The summed E-state index contributed by atoms with van der Waals surface area (Å²) in [5.41, 5.74) is 2.63. The van der Waals surface area contributed by atoms with Crippen molar-refractivity contribution in [2.45, 2.75) is 57.4 Å². The van der Waals surface area contributed by atoms with Gasteiger partial charge in [-0.15, -0.1) is 0 Å². The predicted octanol–water partition coefficient (Wildman–Crippen LogP) is 5.06. The Morgan fingerprint density at radius 2 is 1.81 bits per heavy atom. The maximum atomic E-state index is 13.3. The van der Waals surface area contributed by atoms with Gasteiger partial charge in [0.25, 0.3) is 10.0 Å². The second-order valence-electron chi connectivity index (χ2n) is 10.6. The molecule has 2 heterocycles. The van der Waals surface area contributed by atoms with E-state index in [0.717, 1.165) is 49.7 Å². The van der Waals surface area contributed by atoms with Crippen molar-refractivity contribution in [3.8, 4) is 11.3 Å². The summed E-state index contributed by atoms with van der Waals surface area (Å²) < 4.78 is 35.7. The Morgan fingerprint density at radius 1 is 1.14 bits per heavy atom. The molecule has 1 fully saturated rings. The van der Waals surface area contributed by atoms with Gasteiger partial charge in [-0.05, 0) is 55.2 Å². The van der Waals surface area contributed by atoms with Crippen LogP contribution in [-0.4, -0.2) is 44.1 Å². The minimum absolute atomic E-state index is 0.134. The Morgan fingerprint density at radius 3 is 2.43 bits per heavy atom. The highest BCUT2D eigenvalue weighted by atomic mass is 32.2. The Bertz CT molecular complexity index is 1350. The first-order chi connectivity index (χ1) is 17.4. The van der Waals surface area contributed by atoms with E-state index in [1.165, 1.54) is 23.4 Å². The number of aromatic nitrogens is 2. The molecule has 0 aliphatic carbocycles. The van der Waals surface area contributed by atoms with Crippen LogP contribution in [0.2, 0.25) is 0 Å². The number of carbonyl (C=O) groups excluding carboxylic acids is 1. The number of ether oxygens (including phenoxy) is 1. The number of nitrogens with zero attached hydrogens (tertiary/aromatic N) is 3. The topological polar surface area (TPSA) is 93.5 Å². The standard InChI is InChI=1S/C28H36N4O4S/c1-20(33)29-23-9-11-25(12-10-23)37(34,35)31(5)24-8-6-7-22(17-24)26-19-32(27(30-26)28(2,3)4)18-21-13-15-36-16-14-21/h6-12,17,19,21H,13-16,18H2,1-5H3,(H,29,33). The molecule has 0 bridgehead atoms. The van der Waals surface area contributed by atoms with Gasteiger partial charge >= 0.3 is 0 Å². The molecule has 1 aliphatic heterocycles. The number of amides is 1. The van der Waals surface area contributed by atoms with E-state index in [4.69, 9.17) is 9.72 Å². The minimum atomic E-state index is -3.80. The first-order valence-corrected chi connectivity index (χ1v) is 14.0. The van der Waals surface area contributed by atoms with Gasteiger partial charge in [-0.3, -0.25) is 9.10 Å². The van der Waals surface area contributed by atoms with E-state index in [1.54, 1.807) is 25.2 Å². The van der Waals surface area contributed by atoms with Gasteiger partial charge in [0.15, 0.2) is 0 Å². The highest BCUT2D eigenvalue weighted by Crippen LogP contribution is 2.31. The lowest BCUT2D eigenvalue weighted by molar-refractivity contribution is -0.114. The average Bonchev–Trinajstić information content (AvgIpc) is 3.29. The summed E-state index contributed by atoms with van der Waals surface area (Å²) in [6.07, 6.45) is 4.17. The van der Waals surface area contributed by atoms with Crippen molar-refractivity contribution in [2.75, 3.05) is 29.9 Å². The highest BCUT2D eigenvalue weighted by molar-refractivity contribution is 7.92. The largest absolute Gasteiger partial charge is 0.381 e. The molecular formula is C28H36N4O4S. The molecule has 1 aliphatic rings. The van der Waals surface area contributed by atoms with Crippen LogP contribution in [0, 0.1) is 5.92 Å². The quantitative estimate of drug-likeness (QED) is 0.466. The molecule has 4 rings (SSSR count). The lowest BCUT2D eigenvalue weighted by Crippen LogP contribution is -2.26. The van der Waals surface area contributed by atoms with Crippen molar-refractivity contribution < 1.29 is 17.9 Å². The molecule has 1 saturated heterocycles. The van der Waals surface area contributed by atoms with E-state index >= 15 is 0 Å². The van der Waals surface area contributed by atoms with Crippen LogP contribution in [0.15, 0.2) is 59.6 Å². The number of imidazole rings is 1. The summed E-state index contributed by atoms with van der Waals surface area (Å²) in [6.45, 7) is 10.4. The molecular weight excluding hydrogens is 488 g/mol. The number of hydrogen-bond acceptors (Lipinski definition) is 5. The summed E-state index contributed by atoms with van der Waals surface area (Å²) in [4.78, 5) is 16.4. The molecule has 2 aromatic carbocycles. The molecule has 9 heteroatoms. The molecule has 1 N–H and O–H groups in total. The summed E-state index contributed by atoms with van der Waals surface area (Å²) >= 11 is 0. The third kappa shape index (κ3) is 6.22. The predicted molar refractivity (Wildman–Crippen MR) is 146 cm³/mol. The Kier molecular flexibility index (Phi) is 7.75. The summed E-state index contributed by atoms with van der Waals surface area (Å²) in [6, 6.07) is 13.6. The molecule has 37 heavy (non-hydrogen) atoms. The smallest absolute Gasteiger partial charge is 0.264 e. The monoisotopic (exact) mass is 524 g/mol. The van der Waals surface area contributed by atoms with Gasteiger partial charge in [0, 0.05) is 56.6 Å². The Labute approximate surface area is 219 Å². The second kappa shape index (κ2) is 10.7. The Balaban J connectivity index is 1.62. The molecule has 198 valence electrons. The van der Waals surface area contributed by atoms with Gasteiger partial charge < -0.3 is 14.6 Å². The van der Waals surface area contributed by atoms with Crippen LogP contribution in [0.25, 0.3) is 11.3 Å². The van der Waals surface area contributed by atoms with E-state index in [-0.39, 0.29) is 16.2 Å². The van der Waals surface area contributed by atoms with E-state index in [2.05, 4.69) is 36.9 Å². The fourth-order valence-corrected chi connectivity index (χ4v) is 5.76. The first kappa shape index (κ1) is 26.9. The molecule has 3 aromatic rings. The molecule has 0 saturated carbocycles. The normalized spacial score (nSPS) is 14.9. The number of anilines is 2. The maximum Gasteiger partial charge on any atom is 0.264 e. The fourth-order valence-electron chi connectivity index (χ4n) is 4.57. The van der Waals surface area contributed by atoms with E-state index in [1.807, 2.05) is 18.2 Å². The van der Waals surface area contributed by atoms with Crippen molar-refractivity contribution in [2.24, 2.45) is 5.92 Å². The average molecular weight is 525 g/mol. The molecule has 1 aromatic heterocycles. The van der Waals surface area contributed by atoms with Crippen LogP contribution in [0.5, 0.6) is 0 Å².